The van der Waals surface area contributed by atoms with E-state index >= 15 is 0 Å². The van der Waals surface area contributed by atoms with E-state index in [4.69, 9.17) is 0 Å². The van der Waals surface area contributed by atoms with Crippen molar-refractivity contribution in [3.05, 3.63) is 96.1 Å². The first kappa shape index (κ1) is 12.7. The van der Waals surface area contributed by atoms with Crippen molar-refractivity contribution in [3.63, 3.8) is 0 Å². The van der Waals surface area contributed by atoms with E-state index in [-0.39, 0.29) is 0 Å². The van der Waals surface area contributed by atoms with Gasteiger partial charge >= 0.3 is 0 Å². The molecule has 0 aliphatic rings. The molecule has 0 unspecified atom stereocenters. The van der Waals surface area contributed by atoms with Crippen molar-refractivity contribution in [2.45, 2.75) is 0 Å². The molecule has 0 heteroatoms. The monoisotopic (exact) mass is 277 g/mol. The Morgan fingerprint density at radius 1 is 0.591 bits per heavy atom. The second kappa shape index (κ2) is 5.39. The first-order chi connectivity index (χ1) is 10.9. The van der Waals surface area contributed by atoms with Crippen LogP contribution in [0.15, 0.2) is 78.9 Å². The molecule has 0 aliphatic carbocycles. The molecule has 0 spiro atoms. The fourth-order valence-corrected chi connectivity index (χ4v) is 2.76. The van der Waals surface area contributed by atoms with E-state index in [1.807, 2.05) is 24.3 Å². The van der Waals surface area contributed by atoms with E-state index in [0.29, 0.717) is 0 Å². The zero-order valence-corrected chi connectivity index (χ0v) is 12.0. The molecule has 0 aromatic heterocycles. The average molecular weight is 277 g/mol. The third kappa shape index (κ3) is 2.24. The molecule has 0 fully saturated rings. The van der Waals surface area contributed by atoms with Crippen LogP contribution in [-0.2, 0) is 0 Å². The number of benzene rings is 4. The summed E-state index contributed by atoms with van der Waals surface area (Å²) in [6, 6.07) is 30.1. The maximum absolute atomic E-state index is 3.29. The summed E-state index contributed by atoms with van der Waals surface area (Å²) in [5.74, 6) is 6.48. The van der Waals surface area contributed by atoms with E-state index in [1.165, 1.54) is 21.5 Å². The van der Waals surface area contributed by atoms with Crippen LogP contribution in [0.1, 0.15) is 11.1 Å². The van der Waals surface area contributed by atoms with E-state index in [2.05, 4.69) is 72.5 Å². The second-order valence-corrected chi connectivity index (χ2v) is 5.21. The minimum atomic E-state index is 0.917. The molecule has 4 rings (SSSR count). The lowest BCUT2D eigenvalue weighted by atomic mass is 9.98. The summed E-state index contributed by atoms with van der Waals surface area (Å²) < 4.78 is 0. The summed E-state index contributed by atoms with van der Waals surface area (Å²) in [5.41, 5.74) is 1.97. The third-order valence-corrected chi connectivity index (χ3v) is 3.83. The highest BCUT2D eigenvalue weighted by atomic mass is 14.1. The number of rotatable bonds is 0. The standard InChI is InChI=1S/C22H13/c1-2-7-17(8-3-1)13-14-19-10-6-12-22-20-11-5-4-9-18(20)15-16-21(19)22/h1-7,9-12,15-16H. The van der Waals surface area contributed by atoms with Crippen molar-refractivity contribution in [2.24, 2.45) is 0 Å². The van der Waals surface area contributed by atoms with Crippen molar-refractivity contribution >= 4 is 21.5 Å². The largest absolute Gasteiger partial charge is 0.0616 e. The van der Waals surface area contributed by atoms with Gasteiger partial charge in [-0.05, 0) is 39.7 Å². The smallest absolute Gasteiger partial charge is 0.0327 e. The Balaban J connectivity index is 1.93. The summed E-state index contributed by atoms with van der Waals surface area (Å²) in [5, 5.41) is 4.98. The van der Waals surface area contributed by atoms with Crippen molar-refractivity contribution in [1.29, 1.82) is 0 Å². The van der Waals surface area contributed by atoms with Gasteiger partial charge in [0.25, 0.3) is 0 Å². The first-order valence-corrected chi connectivity index (χ1v) is 7.31. The Morgan fingerprint density at radius 2 is 1.45 bits per heavy atom. The molecule has 22 heavy (non-hydrogen) atoms. The predicted octanol–water partition coefficient (Wildman–Crippen LogP) is 5.19. The molecule has 0 aliphatic heterocycles. The fourth-order valence-electron chi connectivity index (χ4n) is 2.76. The highest BCUT2D eigenvalue weighted by Gasteiger charge is 2.02. The maximum Gasteiger partial charge on any atom is 0.0327 e. The third-order valence-electron chi connectivity index (χ3n) is 3.83. The molecule has 4 aromatic rings. The zero-order valence-electron chi connectivity index (χ0n) is 12.0. The second-order valence-electron chi connectivity index (χ2n) is 5.21. The van der Waals surface area contributed by atoms with E-state index in [0.717, 1.165) is 11.1 Å². The molecule has 0 saturated heterocycles. The molecule has 0 heterocycles. The van der Waals surface area contributed by atoms with Gasteiger partial charge in [-0.1, -0.05) is 78.6 Å². The van der Waals surface area contributed by atoms with Gasteiger partial charge in [-0.2, -0.15) is 0 Å². The van der Waals surface area contributed by atoms with Gasteiger partial charge in [0.2, 0.25) is 0 Å². The Labute approximate surface area is 130 Å². The van der Waals surface area contributed by atoms with E-state index in [1.54, 1.807) is 0 Å². The van der Waals surface area contributed by atoms with Gasteiger partial charge in [0.15, 0.2) is 0 Å². The van der Waals surface area contributed by atoms with Crippen molar-refractivity contribution in [3.8, 4) is 11.8 Å². The van der Waals surface area contributed by atoms with Crippen LogP contribution in [-0.4, -0.2) is 0 Å². The Morgan fingerprint density at radius 3 is 2.36 bits per heavy atom. The normalized spacial score (nSPS) is 10.4. The van der Waals surface area contributed by atoms with Crippen LogP contribution in [0.5, 0.6) is 0 Å². The van der Waals surface area contributed by atoms with Crippen LogP contribution in [0.4, 0.5) is 0 Å². The van der Waals surface area contributed by atoms with Gasteiger partial charge < -0.3 is 0 Å². The minimum Gasteiger partial charge on any atom is -0.0616 e. The molecule has 101 valence electrons. The van der Waals surface area contributed by atoms with E-state index < -0.39 is 0 Å². The van der Waals surface area contributed by atoms with Crippen molar-refractivity contribution in [1.82, 2.24) is 0 Å². The summed E-state index contributed by atoms with van der Waals surface area (Å²) >= 11 is 0. The van der Waals surface area contributed by atoms with Crippen LogP contribution >= 0.6 is 0 Å². The van der Waals surface area contributed by atoms with Crippen molar-refractivity contribution in [2.75, 3.05) is 0 Å². The highest BCUT2D eigenvalue weighted by molar-refractivity contribution is 6.09. The van der Waals surface area contributed by atoms with Crippen LogP contribution in [0.3, 0.4) is 0 Å². The van der Waals surface area contributed by atoms with Crippen LogP contribution in [0, 0.1) is 17.9 Å². The van der Waals surface area contributed by atoms with Gasteiger partial charge in [-0.3, -0.25) is 0 Å². The maximum atomic E-state index is 3.29. The topological polar surface area (TPSA) is 0 Å². The lowest BCUT2D eigenvalue weighted by Crippen LogP contribution is -1.82. The highest BCUT2D eigenvalue weighted by Crippen LogP contribution is 2.27. The molecule has 0 nitrogen and oxygen atoms in total. The van der Waals surface area contributed by atoms with Gasteiger partial charge in [-0.25, -0.2) is 0 Å². The molecule has 1 radical (unpaired) electrons. The zero-order chi connectivity index (χ0) is 14.8. The van der Waals surface area contributed by atoms with Crippen LogP contribution in [0.2, 0.25) is 0 Å². The Hall–Kier alpha value is -3.04. The molecular weight excluding hydrogens is 264 g/mol. The average Bonchev–Trinajstić information content (AvgIpc) is 2.60. The van der Waals surface area contributed by atoms with Crippen molar-refractivity contribution < 1.29 is 0 Å². The lowest BCUT2D eigenvalue weighted by molar-refractivity contribution is 1.63. The molecule has 0 saturated carbocycles. The number of hydrogen-bond acceptors (Lipinski definition) is 0. The van der Waals surface area contributed by atoms with Gasteiger partial charge in [0.1, 0.15) is 0 Å². The Kier molecular flexibility index (Phi) is 3.11. The van der Waals surface area contributed by atoms with Gasteiger partial charge in [0, 0.05) is 11.1 Å². The molecular formula is C22H13. The first-order valence-electron chi connectivity index (χ1n) is 7.31. The minimum absolute atomic E-state index is 0.917. The molecule has 0 N–H and O–H groups in total. The van der Waals surface area contributed by atoms with Crippen LogP contribution < -0.4 is 0 Å². The lowest BCUT2D eigenvalue weighted by Gasteiger charge is -2.05. The molecule has 0 bridgehead atoms. The quantitative estimate of drug-likeness (QED) is 0.306. The molecule has 0 atom stereocenters. The van der Waals surface area contributed by atoms with Gasteiger partial charge in [0.05, 0.1) is 0 Å². The van der Waals surface area contributed by atoms with Crippen LogP contribution in [0.25, 0.3) is 21.5 Å². The summed E-state index contributed by atoms with van der Waals surface area (Å²) in [6.45, 7) is 0. The predicted molar refractivity (Wildman–Crippen MR) is 92.7 cm³/mol. The van der Waals surface area contributed by atoms with E-state index in [9.17, 15) is 0 Å². The molecule has 0 amide bonds. The Bertz CT molecular complexity index is 1020. The molecule has 4 aromatic carbocycles. The number of fused-ring (bicyclic) bond motifs is 3. The fraction of sp³-hybridized carbons (Fsp3) is 0. The summed E-state index contributed by atoms with van der Waals surface area (Å²) in [4.78, 5) is 0. The summed E-state index contributed by atoms with van der Waals surface area (Å²) in [6.07, 6.45) is 0. The number of hydrogen-bond donors (Lipinski definition) is 0. The summed E-state index contributed by atoms with van der Waals surface area (Å²) in [7, 11) is 0. The SMILES string of the molecule is C(#Cc1cccc2c1ccc1ccccc12)c1[c]cccc1. The van der Waals surface area contributed by atoms with Gasteiger partial charge in [-0.15, -0.1) is 0 Å².